The maximum atomic E-state index is 12.6. The summed E-state index contributed by atoms with van der Waals surface area (Å²) in [4.78, 5) is 12.6. The summed E-state index contributed by atoms with van der Waals surface area (Å²) < 4.78 is 27.5. The Hall–Kier alpha value is -0.660. The van der Waals surface area contributed by atoms with Crippen molar-refractivity contribution in [2.75, 3.05) is 0 Å². The Bertz CT molecular complexity index is 979. The molecule has 0 saturated heterocycles. The average molecular weight is 552 g/mol. The highest BCUT2D eigenvalue weighted by molar-refractivity contribution is 7.90. The molecule has 0 aromatic rings. The van der Waals surface area contributed by atoms with E-state index in [1.54, 1.807) is 0 Å². The minimum atomic E-state index is -3.55. The van der Waals surface area contributed by atoms with Crippen LogP contribution >= 0.6 is 0 Å². The van der Waals surface area contributed by atoms with Crippen LogP contribution < -0.4 is 4.72 Å². The second-order valence-electron chi connectivity index (χ2n) is 14.6. The fourth-order valence-electron chi connectivity index (χ4n) is 11.0. The van der Waals surface area contributed by atoms with Gasteiger partial charge in [-0.2, -0.15) is 0 Å². The van der Waals surface area contributed by atoms with Gasteiger partial charge in [0.2, 0.25) is 15.9 Å². The van der Waals surface area contributed by atoms with Gasteiger partial charge in [-0.25, -0.2) is 8.42 Å². The molecule has 3 N–H and O–H groups in total. The maximum absolute atomic E-state index is 12.6. The molecule has 0 radical (unpaired) electrons. The summed E-state index contributed by atoms with van der Waals surface area (Å²) in [5.74, 6) is 2.52. The second-order valence-corrected chi connectivity index (χ2v) is 16.6. The highest BCUT2D eigenvalue weighted by Crippen LogP contribution is 2.69. The van der Waals surface area contributed by atoms with Crippen LogP contribution in [0, 0.1) is 52.3 Å². The van der Waals surface area contributed by atoms with Crippen molar-refractivity contribution in [1.29, 1.82) is 0 Å². The molecule has 5 aliphatic carbocycles. The summed E-state index contributed by atoms with van der Waals surface area (Å²) >= 11 is 0. The van der Waals surface area contributed by atoms with E-state index < -0.39 is 15.3 Å². The first kappa shape index (κ1) is 28.9. The van der Waals surface area contributed by atoms with E-state index in [0.29, 0.717) is 54.8 Å². The molecule has 5 fully saturated rings. The van der Waals surface area contributed by atoms with Gasteiger partial charge in [0.05, 0.1) is 17.5 Å². The zero-order chi connectivity index (χ0) is 27.5. The molecule has 6 nitrogen and oxygen atoms in total. The number of nitrogens with one attached hydrogen (secondary N) is 1. The van der Waals surface area contributed by atoms with Crippen LogP contribution in [-0.2, 0) is 14.8 Å². The van der Waals surface area contributed by atoms with Gasteiger partial charge in [0.25, 0.3) is 0 Å². The normalized spacial score (nSPS) is 46.2. The Morgan fingerprint density at radius 1 is 0.947 bits per heavy atom. The number of carbonyl (C=O) groups is 1. The van der Waals surface area contributed by atoms with Gasteiger partial charge in [-0.05, 0) is 116 Å². The fraction of sp³-hybridized carbons (Fsp3) is 0.968. The number of aliphatic hydroxyl groups excluding tert-OH is 2. The number of hydrogen-bond acceptors (Lipinski definition) is 5. The van der Waals surface area contributed by atoms with Crippen molar-refractivity contribution >= 4 is 15.9 Å². The molecule has 0 aliphatic heterocycles. The molecule has 0 spiro atoms. The van der Waals surface area contributed by atoms with E-state index in [2.05, 4.69) is 32.4 Å². The largest absolute Gasteiger partial charge is 0.393 e. The summed E-state index contributed by atoms with van der Waals surface area (Å²) in [6, 6.07) is 0. The van der Waals surface area contributed by atoms with Gasteiger partial charge < -0.3 is 10.2 Å². The minimum Gasteiger partial charge on any atom is -0.393 e. The Morgan fingerprint density at radius 3 is 2.29 bits per heavy atom. The summed E-state index contributed by atoms with van der Waals surface area (Å²) in [5.41, 5.74) is 0.362. The van der Waals surface area contributed by atoms with Crippen molar-refractivity contribution in [2.45, 2.75) is 135 Å². The van der Waals surface area contributed by atoms with Crippen LogP contribution in [0.15, 0.2) is 0 Å². The van der Waals surface area contributed by atoms with E-state index in [1.807, 2.05) is 0 Å². The van der Waals surface area contributed by atoms with Crippen molar-refractivity contribution in [2.24, 2.45) is 52.3 Å². The van der Waals surface area contributed by atoms with Gasteiger partial charge in [-0.1, -0.05) is 47.0 Å². The zero-order valence-electron chi connectivity index (χ0n) is 24.2. The number of sulfonamides is 1. The number of carbonyl (C=O) groups excluding carboxylic acids is 1. The number of rotatable bonds is 7. The molecule has 7 heteroatoms. The third-order valence-electron chi connectivity index (χ3n) is 13.0. The van der Waals surface area contributed by atoms with Crippen molar-refractivity contribution in [3.8, 4) is 0 Å². The zero-order valence-corrected chi connectivity index (χ0v) is 25.0. The molecule has 5 saturated carbocycles. The summed E-state index contributed by atoms with van der Waals surface area (Å²) in [7, 11) is -3.55. The van der Waals surface area contributed by atoms with Gasteiger partial charge in [0.15, 0.2) is 0 Å². The molecule has 0 aromatic carbocycles. The lowest BCUT2D eigenvalue weighted by atomic mass is 9.41. The maximum Gasteiger partial charge on any atom is 0.237 e. The SMILES string of the molecule is CC[C@@H]1C2C[C@H](O)CCC2(C)[C@H]2CCC3(C)C([C@H](C)CCC(=O)NS(=O)(=O)C4CCCC4)CC[C@H]3[C@@H]2[C@@H]1O. The Labute approximate surface area is 231 Å². The van der Waals surface area contributed by atoms with E-state index in [-0.39, 0.29) is 41.3 Å². The van der Waals surface area contributed by atoms with Gasteiger partial charge in [-0.15, -0.1) is 0 Å². The summed E-state index contributed by atoms with van der Waals surface area (Å²) in [6.45, 7) is 9.41. The molecule has 38 heavy (non-hydrogen) atoms. The van der Waals surface area contributed by atoms with E-state index in [4.69, 9.17) is 0 Å². The predicted octanol–water partition coefficient (Wildman–Crippen LogP) is 5.42. The van der Waals surface area contributed by atoms with Gasteiger partial charge in [0, 0.05) is 6.42 Å². The highest BCUT2D eigenvalue weighted by atomic mass is 32.2. The Kier molecular flexibility index (Phi) is 8.07. The number of hydrogen-bond donors (Lipinski definition) is 3. The van der Waals surface area contributed by atoms with Crippen LogP contribution in [0.25, 0.3) is 0 Å². The molecule has 0 aromatic heterocycles. The monoisotopic (exact) mass is 551 g/mol. The molecule has 0 bridgehead atoms. The van der Waals surface area contributed by atoms with Crippen molar-refractivity contribution in [3.05, 3.63) is 0 Å². The van der Waals surface area contributed by atoms with Crippen LogP contribution in [0.5, 0.6) is 0 Å². The quantitative estimate of drug-likeness (QED) is 0.392. The van der Waals surface area contributed by atoms with Crippen LogP contribution in [0.4, 0.5) is 0 Å². The topological polar surface area (TPSA) is 104 Å². The highest BCUT2D eigenvalue weighted by Gasteiger charge is 2.64. The van der Waals surface area contributed by atoms with E-state index in [0.717, 1.165) is 57.8 Å². The number of amides is 1. The molecule has 218 valence electrons. The average Bonchev–Trinajstić information content (AvgIpc) is 3.52. The number of aliphatic hydroxyl groups is 2. The summed E-state index contributed by atoms with van der Waals surface area (Å²) in [6.07, 6.45) is 12.0. The molecule has 4 unspecified atom stereocenters. The molecule has 5 rings (SSSR count). The van der Waals surface area contributed by atoms with Crippen molar-refractivity contribution in [1.82, 2.24) is 4.72 Å². The van der Waals surface area contributed by atoms with Crippen molar-refractivity contribution in [3.63, 3.8) is 0 Å². The molecular formula is C31H53NO5S. The fourth-order valence-corrected chi connectivity index (χ4v) is 12.5. The molecule has 0 heterocycles. The second kappa shape index (κ2) is 10.6. The third-order valence-corrected chi connectivity index (χ3v) is 14.8. The molecule has 1 amide bonds. The Balaban J connectivity index is 1.26. The third kappa shape index (κ3) is 4.78. The first-order chi connectivity index (χ1) is 17.9. The van der Waals surface area contributed by atoms with Crippen LogP contribution in [0.2, 0.25) is 0 Å². The minimum absolute atomic E-state index is 0.156. The van der Waals surface area contributed by atoms with Gasteiger partial charge in [0.1, 0.15) is 0 Å². The van der Waals surface area contributed by atoms with Crippen molar-refractivity contribution < 1.29 is 23.4 Å². The standard InChI is InChI=1S/C31H53NO5S/c1-5-22-26-18-20(33)14-16-31(26,4)25-15-17-30(3)23(11-12-24(30)28(25)29(22)35)19(2)10-13-27(34)32-38(36,37)21-8-6-7-9-21/h19-26,28-29,33,35H,5-18H2,1-4H3,(H,32,34)/t19-,20-,22-,23?,24+,25+,26?,28+,29-,30?,31?/m1/s1. The first-order valence-electron chi connectivity index (χ1n) is 15.8. The summed E-state index contributed by atoms with van der Waals surface area (Å²) in [5, 5.41) is 22.0. The lowest BCUT2D eigenvalue weighted by Crippen LogP contribution is -2.62. The molecule has 11 atom stereocenters. The van der Waals surface area contributed by atoms with Crippen LogP contribution in [0.1, 0.15) is 118 Å². The lowest BCUT2D eigenvalue weighted by molar-refractivity contribution is -0.203. The molecule has 5 aliphatic rings. The van der Waals surface area contributed by atoms with E-state index in [1.165, 1.54) is 6.42 Å². The lowest BCUT2D eigenvalue weighted by Gasteiger charge is -2.64. The number of fused-ring (bicyclic) bond motifs is 5. The first-order valence-corrected chi connectivity index (χ1v) is 17.4. The van der Waals surface area contributed by atoms with Gasteiger partial charge in [-0.3, -0.25) is 9.52 Å². The molecular weight excluding hydrogens is 498 g/mol. The van der Waals surface area contributed by atoms with E-state index in [9.17, 15) is 23.4 Å². The van der Waals surface area contributed by atoms with Crippen LogP contribution in [-0.4, -0.2) is 42.0 Å². The predicted molar refractivity (Wildman–Crippen MR) is 149 cm³/mol. The smallest absolute Gasteiger partial charge is 0.237 e. The Morgan fingerprint density at radius 2 is 1.61 bits per heavy atom. The van der Waals surface area contributed by atoms with Crippen LogP contribution in [0.3, 0.4) is 0 Å². The van der Waals surface area contributed by atoms with E-state index >= 15 is 0 Å². The van der Waals surface area contributed by atoms with Gasteiger partial charge >= 0.3 is 0 Å².